The van der Waals surface area contributed by atoms with Gasteiger partial charge in [0.1, 0.15) is 11.6 Å². The molecule has 3 rings (SSSR count). The quantitative estimate of drug-likeness (QED) is 0.428. The van der Waals surface area contributed by atoms with Gasteiger partial charge in [-0.3, -0.25) is 4.79 Å². The van der Waals surface area contributed by atoms with Crippen molar-refractivity contribution < 1.29 is 14.3 Å². The summed E-state index contributed by atoms with van der Waals surface area (Å²) in [5.74, 6) is -0.466. The summed E-state index contributed by atoms with van der Waals surface area (Å²) in [6.45, 7) is 5.26. The second kappa shape index (κ2) is 8.81. The van der Waals surface area contributed by atoms with Crippen molar-refractivity contribution in [3.63, 3.8) is 0 Å². The first-order valence-corrected chi connectivity index (χ1v) is 9.56. The molecule has 0 saturated carbocycles. The number of amides is 2. The van der Waals surface area contributed by atoms with Crippen LogP contribution in [0.2, 0.25) is 0 Å². The van der Waals surface area contributed by atoms with Crippen LogP contribution in [-0.2, 0) is 23.0 Å². The van der Waals surface area contributed by atoms with E-state index in [0.717, 1.165) is 16.5 Å². The number of alkyl carbamates (subject to hydrolysis) is 1. The van der Waals surface area contributed by atoms with Gasteiger partial charge in [-0.2, -0.15) is 5.10 Å². The Hall–Kier alpha value is -3.62. The molecule has 9 nitrogen and oxygen atoms in total. The van der Waals surface area contributed by atoms with Crippen LogP contribution in [0.25, 0.3) is 10.9 Å². The molecule has 1 aromatic carbocycles. The third kappa shape index (κ3) is 5.47. The zero-order chi connectivity index (χ0) is 21.7. The fourth-order valence-electron chi connectivity index (χ4n) is 2.99. The van der Waals surface area contributed by atoms with Gasteiger partial charge in [-0.1, -0.05) is 18.2 Å². The summed E-state index contributed by atoms with van der Waals surface area (Å²) >= 11 is 0. The molecule has 0 aliphatic carbocycles. The highest BCUT2D eigenvalue weighted by atomic mass is 16.6. The van der Waals surface area contributed by atoms with E-state index >= 15 is 0 Å². The smallest absolute Gasteiger partial charge is 0.408 e. The van der Waals surface area contributed by atoms with Crippen LogP contribution in [0.3, 0.4) is 0 Å². The summed E-state index contributed by atoms with van der Waals surface area (Å²) in [5.41, 5.74) is 4.46. The third-order valence-electron chi connectivity index (χ3n) is 4.29. The van der Waals surface area contributed by atoms with Crippen molar-refractivity contribution in [2.75, 3.05) is 0 Å². The number of fused-ring (bicyclic) bond motifs is 1. The van der Waals surface area contributed by atoms with E-state index in [-0.39, 0.29) is 6.42 Å². The van der Waals surface area contributed by atoms with Crippen LogP contribution in [0.15, 0.2) is 48.1 Å². The van der Waals surface area contributed by atoms with Crippen molar-refractivity contribution in [1.29, 1.82) is 0 Å². The third-order valence-corrected chi connectivity index (χ3v) is 4.29. The molecule has 2 aromatic heterocycles. The van der Waals surface area contributed by atoms with Crippen LogP contribution in [0.1, 0.15) is 32.0 Å². The van der Waals surface area contributed by atoms with Crippen molar-refractivity contribution in [1.82, 2.24) is 25.3 Å². The Labute approximate surface area is 174 Å². The summed E-state index contributed by atoms with van der Waals surface area (Å²) in [6, 6.07) is 7.03. The number of benzene rings is 1. The van der Waals surface area contributed by atoms with Crippen molar-refractivity contribution >= 4 is 29.1 Å². The number of nitrogens with zero attached hydrogens (tertiary/aromatic N) is 3. The number of aryl methyl sites for hydroxylation is 1. The fraction of sp³-hybridized carbons (Fsp3) is 0.333. The topological polar surface area (TPSA) is 113 Å². The number of imidazole rings is 1. The van der Waals surface area contributed by atoms with Gasteiger partial charge in [0.05, 0.1) is 12.5 Å². The largest absolute Gasteiger partial charge is 0.444 e. The molecule has 0 spiro atoms. The number of aromatic amines is 1. The molecule has 0 radical (unpaired) electrons. The monoisotopic (exact) mass is 410 g/mol. The lowest BCUT2D eigenvalue weighted by molar-refractivity contribution is -0.123. The van der Waals surface area contributed by atoms with E-state index in [0.29, 0.717) is 5.69 Å². The van der Waals surface area contributed by atoms with E-state index in [4.69, 9.17) is 4.74 Å². The number of hydrogen-bond donors (Lipinski definition) is 3. The zero-order valence-corrected chi connectivity index (χ0v) is 17.5. The van der Waals surface area contributed by atoms with Crippen LogP contribution < -0.4 is 10.7 Å². The number of H-pyrrole nitrogens is 1. The van der Waals surface area contributed by atoms with Crippen molar-refractivity contribution in [3.05, 3.63) is 54.2 Å². The molecule has 0 aliphatic heterocycles. The molecule has 3 N–H and O–H groups in total. The Morgan fingerprint density at radius 3 is 2.80 bits per heavy atom. The van der Waals surface area contributed by atoms with E-state index in [2.05, 4.69) is 25.8 Å². The summed E-state index contributed by atoms with van der Waals surface area (Å²) in [4.78, 5) is 31.7. The molecule has 9 heteroatoms. The van der Waals surface area contributed by atoms with E-state index in [1.54, 1.807) is 33.2 Å². The van der Waals surface area contributed by atoms with Crippen LogP contribution in [0, 0.1) is 0 Å². The van der Waals surface area contributed by atoms with Gasteiger partial charge in [-0.05, 0) is 26.8 Å². The van der Waals surface area contributed by atoms with E-state index in [1.165, 1.54) is 6.33 Å². The van der Waals surface area contributed by atoms with Gasteiger partial charge in [0, 0.05) is 48.0 Å². The van der Waals surface area contributed by atoms with Crippen LogP contribution in [-0.4, -0.2) is 44.4 Å². The molecule has 0 aliphatic rings. The van der Waals surface area contributed by atoms with Gasteiger partial charge in [0.15, 0.2) is 0 Å². The Kier molecular flexibility index (Phi) is 6.20. The second-order valence-corrected chi connectivity index (χ2v) is 7.93. The fourth-order valence-corrected chi connectivity index (χ4v) is 2.99. The lowest BCUT2D eigenvalue weighted by Crippen LogP contribution is -2.48. The molecule has 3 aromatic rings. The maximum atomic E-state index is 12.7. The Balaban J connectivity index is 1.70. The standard InChI is InChI=1S/C21H26N6O3/c1-21(2,3)30-20(29)25-17(9-15-11-22-13-23-15)19(28)26-24-10-14-12-27(4)18-8-6-5-7-16(14)18/h5-8,10-13,17H,9H2,1-4H3,(H,22,23)(H,25,29)(H,26,28)/b24-10+. The Bertz CT molecular complexity index is 1050. The second-order valence-electron chi connectivity index (χ2n) is 7.93. The molecule has 1 atom stereocenters. The minimum Gasteiger partial charge on any atom is -0.444 e. The molecule has 0 bridgehead atoms. The van der Waals surface area contributed by atoms with Gasteiger partial charge in [-0.25, -0.2) is 15.2 Å². The number of nitrogens with one attached hydrogen (secondary N) is 3. The maximum Gasteiger partial charge on any atom is 0.408 e. The predicted molar refractivity (Wildman–Crippen MR) is 114 cm³/mol. The SMILES string of the molecule is Cn1cc(/C=N/NC(=O)C(Cc2cnc[nH]2)NC(=O)OC(C)(C)C)c2ccccc21. The maximum absolute atomic E-state index is 12.7. The number of carbonyl (C=O) groups is 2. The Morgan fingerprint density at radius 1 is 1.33 bits per heavy atom. The number of para-hydroxylation sites is 1. The van der Waals surface area contributed by atoms with Crippen LogP contribution in [0.5, 0.6) is 0 Å². The molecule has 1 unspecified atom stereocenters. The van der Waals surface area contributed by atoms with Gasteiger partial charge in [0.2, 0.25) is 0 Å². The summed E-state index contributed by atoms with van der Waals surface area (Å²) in [5, 5.41) is 7.70. The average molecular weight is 410 g/mol. The number of ether oxygens (including phenoxy) is 1. The zero-order valence-electron chi connectivity index (χ0n) is 17.5. The lowest BCUT2D eigenvalue weighted by atomic mass is 10.1. The van der Waals surface area contributed by atoms with Gasteiger partial charge >= 0.3 is 6.09 Å². The van der Waals surface area contributed by atoms with Crippen LogP contribution in [0.4, 0.5) is 4.79 Å². The number of rotatable bonds is 6. The van der Waals surface area contributed by atoms with E-state index in [9.17, 15) is 9.59 Å². The number of hydrazone groups is 1. The molecular formula is C21H26N6O3. The Morgan fingerprint density at radius 2 is 2.10 bits per heavy atom. The first-order valence-electron chi connectivity index (χ1n) is 9.56. The first-order chi connectivity index (χ1) is 14.2. The van der Waals surface area contributed by atoms with Crippen molar-refractivity contribution in [3.8, 4) is 0 Å². The summed E-state index contributed by atoms with van der Waals surface area (Å²) in [6.07, 6.45) is 6.16. The van der Waals surface area contributed by atoms with E-state index in [1.807, 2.05) is 42.1 Å². The average Bonchev–Trinajstić information content (AvgIpc) is 3.28. The van der Waals surface area contributed by atoms with Gasteiger partial charge < -0.3 is 19.6 Å². The highest BCUT2D eigenvalue weighted by molar-refractivity contribution is 5.99. The normalized spacial score (nSPS) is 12.8. The molecule has 0 saturated heterocycles. The molecule has 2 heterocycles. The van der Waals surface area contributed by atoms with Crippen molar-refractivity contribution in [2.24, 2.45) is 12.1 Å². The number of hydrogen-bond acceptors (Lipinski definition) is 5. The number of aromatic nitrogens is 3. The molecule has 158 valence electrons. The molecular weight excluding hydrogens is 384 g/mol. The van der Waals surface area contributed by atoms with E-state index < -0.39 is 23.6 Å². The van der Waals surface area contributed by atoms with Crippen molar-refractivity contribution in [2.45, 2.75) is 38.8 Å². The lowest BCUT2D eigenvalue weighted by Gasteiger charge is -2.22. The van der Waals surface area contributed by atoms with Gasteiger partial charge in [0.25, 0.3) is 5.91 Å². The highest BCUT2D eigenvalue weighted by Gasteiger charge is 2.25. The molecule has 0 fully saturated rings. The molecule has 30 heavy (non-hydrogen) atoms. The summed E-state index contributed by atoms with van der Waals surface area (Å²) in [7, 11) is 1.95. The minimum atomic E-state index is -0.884. The predicted octanol–water partition coefficient (Wildman–Crippen LogP) is 2.49. The number of carbonyl (C=O) groups excluding carboxylic acids is 2. The summed E-state index contributed by atoms with van der Waals surface area (Å²) < 4.78 is 7.25. The van der Waals surface area contributed by atoms with Gasteiger partial charge in [-0.15, -0.1) is 0 Å². The van der Waals surface area contributed by atoms with Crippen LogP contribution >= 0.6 is 0 Å². The highest BCUT2D eigenvalue weighted by Crippen LogP contribution is 2.18. The first kappa shape index (κ1) is 21.1. The minimum absolute atomic E-state index is 0.217. The molecule has 2 amide bonds.